The number of nitrogens with zero attached hydrogens (tertiary/aromatic N) is 4. The lowest BCUT2D eigenvalue weighted by atomic mass is 9.82. The number of carbonyl (C=O) groups is 1. The SMILES string of the molecule is COC[C@@]12COC[C@@H]1CN(c1nc(N(C)C)ns1)C2.O=CO. The monoisotopic (exact) mass is 330 g/mol. The zero-order valence-electron chi connectivity index (χ0n) is 13.1. The second-order valence-corrected chi connectivity index (χ2v) is 6.50. The van der Waals surface area contributed by atoms with E-state index in [0.717, 1.165) is 44.0 Å². The number of hydrogen-bond donors (Lipinski definition) is 1. The molecule has 2 aliphatic heterocycles. The van der Waals surface area contributed by atoms with Crippen LogP contribution in [0, 0.1) is 11.3 Å². The van der Waals surface area contributed by atoms with Crippen molar-refractivity contribution in [3.8, 4) is 0 Å². The van der Waals surface area contributed by atoms with E-state index in [1.807, 2.05) is 19.0 Å². The highest BCUT2D eigenvalue weighted by atomic mass is 32.1. The van der Waals surface area contributed by atoms with Gasteiger partial charge in [-0.3, -0.25) is 4.79 Å². The van der Waals surface area contributed by atoms with E-state index < -0.39 is 0 Å². The first-order valence-corrected chi connectivity index (χ1v) is 7.74. The molecule has 9 heteroatoms. The van der Waals surface area contributed by atoms with Crippen LogP contribution < -0.4 is 9.80 Å². The summed E-state index contributed by atoms with van der Waals surface area (Å²) in [6, 6.07) is 0. The molecule has 0 unspecified atom stereocenters. The molecule has 0 radical (unpaired) electrons. The average Bonchev–Trinajstić information content (AvgIpc) is 3.11. The summed E-state index contributed by atoms with van der Waals surface area (Å²) < 4.78 is 15.4. The van der Waals surface area contributed by atoms with E-state index >= 15 is 0 Å². The molecule has 22 heavy (non-hydrogen) atoms. The van der Waals surface area contributed by atoms with Gasteiger partial charge in [0, 0.05) is 57.2 Å². The van der Waals surface area contributed by atoms with Gasteiger partial charge in [0.15, 0.2) is 0 Å². The Kier molecular flexibility index (Phi) is 5.54. The lowest BCUT2D eigenvalue weighted by molar-refractivity contribution is -0.122. The summed E-state index contributed by atoms with van der Waals surface area (Å²) in [7, 11) is 5.69. The zero-order chi connectivity index (χ0) is 16.2. The van der Waals surface area contributed by atoms with Gasteiger partial charge in [0.1, 0.15) is 0 Å². The maximum absolute atomic E-state index is 8.36. The van der Waals surface area contributed by atoms with Gasteiger partial charge in [-0.25, -0.2) is 0 Å². The fourth-order valence-corrected chi connectivity index (χ4v) is 3.73. The van der Waals surface area contributed by atoms with Gasteiger partial charge in [-0.1, -0.05) is 0 Å². The summed E-state index contributed by atoms with van der Waals surface area (Å²) in [4.78, 5) is 17.2. The fraction of sp³-hybridized carbons (Fsp3) is 0.769. The summed E-state index contributed by atoms with van der Waals surface area (Å²) in [6.45, 7) is 4.08. The van der Waals surface area contributed by atoms with Crippen LogP contribution in [0.1, 0.15) is 0 Å². The Bertz CT molecular complexity index is 498. The second-order valence-electron chi connectivity index (χ2n) is 5.76. The predicted molar refractivity (Wildman–Crippen MR) is 83.8 cm³/mol. The summed E-state index contributed by atoms with van der Waals surface area (Å²) in [5.41, 5.74) is 0.138. The van der Waals surface area contributed by atoms with Crippen LogP contribution >= 0.6 is 11.5 Å². The molecule has 0 bridgehead atoms. The smallest absolute Gasteiger partial charge is 0.290 e. The molecule has 0 spiro atoms. The van der Waals surface area contributed by atoms with E-state index in [9.17, 15) is 0 Å². The third-order valence-corrected chi connectivity index (χ3v) is 4.80. The Hall–Kier alpha value is -1.45. The molecule has 124 valence electrons. The Labute approximate surface area is 133 Å². The lowest BCUT2D eigenvalue weighted by Crippen LogP contribution is -2.35. The molecule has 2 saturated heterocycles. The fourth-order valence-electron chi connectivity index (χ4n) is 2.99. The minimum Gasteiger partial charge on any atom is -0.483 e. The number of carboxylic acid groups (broad SMARTS) is 1. The lowest BCUT2D eigenvalue weighted by Gasteiger charge is -2.25. The number of rotatable bonds is 4. The molecule has 2 fully saturated rings. The molecule has 8 nitrogen and oxygen atoms in total. The van der Waals surface area contributed by atoms with Gasteiger partial charge in [0.2, 0.25) is 11.1 Å². The molecular formula is C13H22N4O4S. The molecule has 1 N–H and O–H groups in total. The third-order valence-electron chi connectivity index (χ3n) is 4.03. The van der Waals surface area contributed by atoms with Gasteiger partial charge >= 0.3 is 0 Å². The van der Waals surface area contributed by atoms with Crippen LogP contribution in [0.4, 0.5) is 11.1 Å². The van der Waals surface area contributed by atoms with E-state index in [1.54, 1.807) is 7.11 Å². The minimum atomic E-state index is -0.250. The van der Waals surface area contributed by atoms with Crippen LogP contribution in [0.2, 0.25) is 0 Å². The summed E-state index contributed by atoms with van der Waals surface area (Å²) >= 11 is 1.47. The average molecular weight is 330 g/mol. The van der Waals surface area contributed by atoms with E-state index in [2.05, 4.69) is 14.3 Å². The minimum absolute atomic E-state index is 0.138. The molecule has 1 aromatic heterocycles. The van der Waals surface area contributed by atoms with Crippen molar-refractivity contribution in [3.05, 3.63) is 0 Å². The Morgan fingerprint density at radius 2 is 2.36 bits per heavy atom. The molecule has 2 aliphatic rings. The van der Waals surface area contributed by atoms with Crippen LogP contribution in [0.15, 0.2) is 0 Å². The Morgan fingerprint density at radius 1 is 1.64 bits per heavy atom. The van der Waals surface area contributed by atoms with Crippen molar-refractivity contribution in [3.63, 3.8) is 0 Å². The van der Waals surface area contributed by atoms with Crippen LogP contribution in [-0.4, -0.2) is 75.1 Å². The molecule has 0 aromatic carbocycles. The molecule has 1 aromatic rings. The molecule has 0 amide bonds. The molecule has 0 saturated carbocycles. The predicted octanol–water partition coefficient (Wildman–Crippen LogP) is 0.404. The van der Waals surface area contributed by atoms with Crippen molar-refractivity contribution < 1.29 is 19.4 Å². The highest BCUT2D eigenvalue weighted by Gasteiger charge is 2.51. The number of anilines is 2. The molecule has 2 atom stereocenters. The second kappa shape index (κ2) is 7.21. The number of ether oxygens (including phenoxy) is 2. The van der Waals surface area contributed by atoms with Crippen LogP contribution in [0.25, 0.3) is 0 Å². The summed E-state index contributed by atoms with van der Waals surface area (Å²) in [5, 5.41) is 7.90. The van der Waals surface area contributed by atoms with E-state index in [1.165, 1.54) is 11.5 Å². The molecular weight excluding hydrogens is 308 g/mol. The van der Waals surface area contributed by atoms with Gasteiger partial charge in [0.05, 0.1) is 19.8 Å². The first kappa shape index (κ1) is 16.9. The third kappa shape index (κ3) is 3.31. The standard InChI is InChI=1S/C12H20N4O2S.CH2O2/c1-15(2)10-13-11(19-14-10)16-4-9-5-18-8-12(9,6-16)7-17-3;2-1-3/h9H,4-8H2,1-3H3;1H,(H,2,3)/t9-,12-;/m0./s1. The van der Waals surface area contributed by atoms with E-state index in [4.69, 9.17) is 19.4 Å². The van der Waals surface area contributed by atoms with Crippen molar-refractivity contribution in [2.75, 3.05) is 63.9 Å². The van der Waals surface area contributed by atoms with Gasteiger partial charge in [-0.15, -0.1) is 0 Å². The van der Waals surface area contributed by atoms with Gasteiger partial charge in [0.25, 0.3) is 6.47 Å². The molecule has 0 aliphatic carbocycles. The van der Waals surface area contributed by atoms with Crippen molar-refractivity contribution in [1.82, 2.24) is 9.36 Å². The van der Waals surface area contributed by atoms with Crippen molar-refractivity contribution >= 4 is 29.1 Å². The van der Waals surface area contributed by atoms with Crippen molar-refractivity contribution in [1.29, 1.82) is 0 Å². The van der Waals surface area contributed by atoms with Gasteiger partial charge < -0.3 is 24.4 Å². The van der Waals surface area contributed by atoms with Crippen molar-refractivity contribution in [2.24, 2.45) is 11.3 Å². The van der Waals surface area contributed by atoms with Gasteiger partial charge in [-0.2, -0.15) is 9.36 Å². The maximum Gasteiger partial charge on any atom is 0.290 e. The topological polar surface area (TPSA) is 88.0 Å². The molecule has 3 rings (SSSR count). The highest BCUT2D eigenvalue weighted by Crippen LogP contribution is 2.43. The quantitative estimate of drug-likeness (QED) is 0.794. The van der Waals surface area contributed by atoms with Crippen molar-refractivity contribution in [2.45, 2.75) is 0 Å². The first-order chi connectivity index (χ1) is 10.6. The number of methoxy groups -OCH3 is 1. The number of fused-ring (bicyclic) bond motifs is 1. The Balaban J connectivity index is 0.000000545. The maximum atomic E-state index is 8.36. The normalized spacial score (nSPS) is 26.3. The van der Waals surface area contributed by atoms with E-state index in [0.29, 0.717) is 5.92 Å². The van der Waals surface area contributed by atoms with Crippen LogP contribution in [0.5, 0.6) is 0 Å². The number of aromatic nitrogens is 2. The summed E-state index contributed by atoms with van der Waals surface area (Å²) in [6.07, 6.45) is 0. The largest absolute Gasteiger partial charge is 0.483 e. The number of hydrogen-bond acceptors (Lipinski definition) is 8. The van der Waals surface area contributed by atoms with E-state index in [-0.39, 0.29) is 11.9 Å². The van der Waals surface area contributed by atoms with Gasteiger partial charge in [-0.05, 0) is 0 Å². The molecule has 3 heterocycles. The van der Waals surface area contributed by atoms with Crippen LogP contribution in [0.3, 0.4) is 0 Å². The Morgan fingerprint density at radius 3 is 2.95 bits per heavy atom. The van der Waals surface area contributed by atoms with Crippen LogP contribution in [-0.2, 0) is 14.3 Å². The first-order valence-electron chi connectivity index (χ1n) is 6.97. The summed E-state index contributed by atoms with van der Waals surface area (Å²) in [5.74, 6) is 1.33. The zero-order valence-corrected chi connectivity index (χ0v) is 13.9. The highest BCUT2D eigenvalue weighted by molar-refractivity contribution is 7.09.